The first-order chi connectivity index (χ1) is 25.3. The summed E-state index contributed by atoms with van der Waals surface area (Å²) < 4.78 is 11.3. The number of furan rings is 1. The maximum atomic E-state index is 6.49. The third-order valence-electron chi connectivity index (χ3n) is 9.76. The fraction of sp³-hybridized carbons (Fsp3) is 0. The van der Waals surface area contributed by atoms with Gasteiger partial charge in [-0.25, -0.2) is 15.0 Å². The summed E-state index contributed by atoms with van der Waals surface area (Å²) >= 11 is 3.59. The molecule has 238 valence electrons. The highest BCUT2D eigenvalue weighted by Crippen LogP contribution is 2.46. The predicted octanol–water partition coefficient (Wildman–Crippen LogP) is 13.2. The number of thiophene rings is 2. The largest absolute Gasteiger partial charge is 0.455 e. The molecule has 0 saturated carbocycles. The van der Waals surface area contributed by atoms with E-state index in [1.165, 1.54) is 35.6 Å². The molecule has 7 aromatic carbocycles. The molecule has 0 aliphatic heterocycles. The number of para-hydroxylation sites is 2. The maximum absolute atomic E-state index is 6.49. The van der Waals surface area contributed by atoms with Crippen LogP contribution in [0.2, 0.25) is 0 Å². The minimum Gasteiger partial charge on any atom is -0.455 e. The Morgan fingerprint density at radius 2 is 0.980 bits per heavy atom. The van der Waals surface area contributed by atoms with Gasteiger partial charge in [0.25, 0.3) is 0 Å². The molecule has 0 aliphatic carbocycles. The molecule has 4 heterocycles. The lowest BCUT2D eigenvalue weighted by Gasteiger charge is -2.09. The highest BCUT2D eigenvalue weighted by molar-refractivity contribution is 7.27. The van der Waals surface area contributed by atoms with E-state index in [9.17, 15) is 0 Å². The zero-order valence-corrected chi connectivity index (χ0v) is 28.6. The molecule has 0 aliphatic rings. The molecule has 0 radical (unpaired) electrons. The Bertz CT molecular complexity index is 3160. The van der Waals surface area contributed by atoms with Crippen LogP contribution < -0.4 is 0 Å². The van der Waals surface area contributed by atoms with Crippen molar-refractivity contribution < 1.29 is 4.42 Å². The summed E-state index contributed by atoms with van der Waals surface area (Å²) in [6.07, 6.45) is 0. The van der Waals surface area contributed by atoms with Crippen LogP contribution in [0.4, 0.5) is 0 Å². The maximum Gasteiger partial charge on any atom is 0.165 e. The van der Waals surface area contributed by atoms with Crippen molar-refractivity contribution >= 4 is 85.0 Å². The Balaban J connectivity index is 1.13. The van der Waals surface area contributed by atoms with Crippen LogP contribution in [-0.2, 0) is 0 Å². The first-order valence-corrected chi connectivity index (χ1v) is 18.5. The lowest BCUT2D eigenvalue weighted by molar-refractivity contribution is 0.670. The molecule has 51 heavy (non-hydrogen) atoms. The van der Waals surface area contributed by atoms with Gasteiger partial charge in [-0.05, 0) is 24.3 Å². The summed E-state index contributed by atoms with van der Waals surface area (Å²) in [5.41, 5.74) is 6.97. The van der Waals surface area contributed by atoms with Gasteiger partial charge < -0.3 is 4.42 Å². The van der Waals surface area contributed by atoms with Gasteiger partial charge in [-0.1, -0.05) is 127 Å². The molecule has 0 bridgehead atoms. The molecule has 4 nitrogen and oxygen atoms in total. The van der Waals surface area contributed by atoms with Crippen molar-refractivity contribution in [3.05, 3.63) is 152 Å². The molecule has 11 rings (SSSR count). The van der Waals surface area contributed by atoms with Gasteiger partial charge in [0, 0.05) is 78.9 Å². The van der Waals surface area contributed by atoms with E-state index in [1.54, 1.807) is 22.7 Å². The van der Waals surface area contributed by atoms with Crippen molar-refractivity contribution in [2.75, 3.05) is 0 Å². The van der Waals surface area contributed by atoms with E-state index >= 15 is 0 Å². The molecule has 0 amide bonds. The summed E-state index contributed by atoms with van der Waals surface area (Å²) in [7, 11) is 0. The van der Waals surface area contributed by atoms with Crippen LogP contribution in [0.15, 0.2) is 156 Å². The molecule has 4 aromatic heterocycles. The van der Waals surface area contributed by atoms with Crippen molar-refractivity contribution in [1.29, 1.82) is 0 Å². The van der Waals surface area contributed by atoms with E-state index in [0.29, 0.717) is 17.5 Å². The van der Waals surface area contributed by atoms with Crippen LogP contribution in [0, 0.1) is 0 Å². The van der Waals surface area contributed by atoms with Crippen LogP contribution in [0.1, 0.15) is 0 Å². The van der Waals surface area contributed by atoms with E-state index in [-0.39, 0.29) is 0 Å². The topological polar surface area (TPSA) is 51.8 Å². The zero-order valence-electron chi connectivity index (χ0n) is 27.0. The van der Waals surface area contributed by atoms with Crippen LogP contribution in [0.25, 0.3) is 108 Å². The van der Waals surface area contributed by atoms with Gasteiger partial charge in [0.15, 0.2) is 17.5 Å². The van der Waals surface area contributed by atoms with Crippen LogP contribution in [0.3, 0.4) is 0 Å². The Morgan fingerprint density at radius 1 is 0.373 bits per heavy atom. The third-order valence-corrected chi connectivity index (χ3v) is 12.2. The molecule has 6 heteroatoms. The van der Waals surface area contributed by atoms with Crippen molar-refractivity contribution in [3.8, 4) is 45.3 Å². The summed E-state index contributed by atoms with van der Waals surface area (Å²) in [5.74, 6) is 1.98. The third kappa shape index (κ3) is 4.47. The molecule has 0 spiro atoms. The second kappa shape index (κ2) is 11.2. The van der Waals surface area contributed by atoms with Gasteiger partial charge in [-0.2, -0.15) is 0 Å². The first kappa shape index (κ1) is 28.6. The second-order valence-electron chi connectivity index (χ2n) is 12.7. The summed E-state index contributed by atoms with van der Waals surface area (Å²) in [6, 6.07) is 53.1. The highest BCUT2D eigenvalue weighted by atomic mass is 32.1. The smallest absolute Gasteiger partial charge is 0.165 e. The number of hydrogen-bond acceptors (Lipinski definition) is 6. The lowest BCUT2D eigenvalue weighted by Crippen LogP contribution is -2.00. The van der Waals surface area contributed by atoms with Gasteiger partial charge >= 0.3 is 0 Å². The minimum absolute atomic E-state index is 0.655. The van der Waals surface area contributed by atoms with Crippen molar-refractivity contribution in [3.63, 3.8) is 0 Å². The molecule has 0 N–H and O–H groups in total. The number of benzene rings is 7. The van der Waals surface area contributed by atoms with Gasteiger partial charge in [0.05, 0.1) is 0 Å². The number of nitrogens with zero attached hydrogens (tertiary/aromatic N) is 3. The Morgan fingerprint density at radius 3 is 1.82 bits per heavy atom. The van der Waals surface area contributed by atoms with E-state index in [2.05, 4.69) is 121 Å². The van der Waals surface area contributed by atoms with Crippen LogP contribution >= 0.6 is 22.7 Å². The molecular formula is C45H25N3OS2. The SMILES string of the molecule is c1ccc(-c2nc(-c3ccc4c(c3)sc3ccccc34)nc(-c3cccc4c3sc3c(-c5cccc6c5oc5ccccc56)cccc34)n2)cc1. The standard InChI is InChI=1S/C45H25N3OS2/c1-2-11-26(12-3-1)43-46-44(27-23-24-30-29-14-5-7-22-38(29)50-39(30)25-27)48-45(47-43)36-20-10-19-35-34-18-9-17-33(41(34)51-42(35)36)32-16-8-15-31-28-13-4-6-21-37(28)49-40(31)32/h1-25H. The van der Waals surface area contributed by atoms with Crippen LogP contribution in [-0.4, -0.2) is 15.0 Å². The zero-order chi connectivity index (χ0) is 33.5. The predicted molar refractivity (Wildman–Crippen MR) is 215 cm³/mol. The monoisotopic (exact) mass is 687 g/mol. The fourth-order valence-corrected chi connectivity index (χ4v) is 9.86. The molecule has 11 aromatic rings. The van der Waals surface area contributed by atoms with E-state index in [4.69, 9.17) is 19.4 Å². The van der Waals surface area contributed by atoms with Crippen molar-refractivity contribution in [2.24, 2.45) is 0 Å². The van der Waals surface area contributed by atoms with Gasteiger partial charge in [0.1, 0.15) is 11.2 Å². The van der Waals surface area contributed by atoms with Gasteiger partial charge in [0.2, 0.25) is 0 Å². The highest BCUT2D eigenvalue weighted by Gasteiger charge is 2.20. The Kier molecular flexibility index (Phi) is 6.26. The van der Waals surface area contributed by atoms with Crippen LogP contribution in [0.5, 0.6) is 0 Å². The number of aromatic nitrogens is 3. The normalized spacial score (nSPS) is 11.9. The molecule has 0 saturated heterocycles. The average molecular weight is 688 g/mol. The first-order valence-electron chi connectivity index (χ1n) is 16.9. The Hall–Kier alpha value is -6.21. The van der Waals surface area contributed by atoms with E-state index in [1.807, 2.05) is 30.3 Å². The summed E-state index contributed by atoms with van der Waals surface area (Å²) in [5, 5.41) is 7.17. The number of rotatable bonds is 4. The Labute approximate surface area is 299 Å². The minimum atomic E-state index is 0.655. The molecule has 0 unspecified atom stereocenters. The van der Waals surface area contributed by atoms with Gasteiger partial charge in [-0.15, -0.1) is 22.7 Å². The van der Waals surface area contributed by atoms with Gasteiger partial charge in [-0.3, -0.25) is 0 Å². The number of hydrogen-bond donors (Lipinski definition) is 0. The summed E-state index contributed by atoms with van der Waals surface area (Å²) in [6.45, 7) is 0. The molecule has 0 atom stereocenters. The lowest BCUT2D eigenvalue weighted by atomic mass is 10.00. The second-order valence-corrected chi connectivity index (χ2v) is 14.8. The average Bonchev–Trinajstić information content (AvgIpc) is 3.89. The van der Waals surface area contributed by atoms with Crippen molar-refractivity contribution in [1.82, 2.24) is 15.0 Å². The fourth-order valence-electron chi connectivity index (χ4n) is 7.37. The van der Waals surface area contributed by atoms with E-state index in [0.717, 1.165) is 54.5 Å². The number of fused-ring (bicyclic) bond motifs is 9. The molecular weight excluding hydrogens is 663 g/mol. The quantitative estimate of drug-likeness (QED) is 0.185. The summed E-state index contributed by atoms with van der Waals surface area (Å²) in [4.78, 5) is 15.4. The van der Waals surface area contributed by atoms with Crippen molar-refractivity contribution in [2.45, 2.75) is 0 Å². The molecule has 0 fully saturated rings. The van der Waals surface area contributed by atoms with E-state index < -0.39 is 0 Å².